The lowest BCUT2D eigenvalue weighted by Gasteiger charge is -2.04. The van der Waals surface area contributed by atoms with E-state index in [9.17, 15) is 0 Å². The highest BCUT2D eigenvalue weighted by Crippen LogP contribution is 2.12. The molecule has 0 aromatic heterocycles. The van der Waals surface area contributed by atoms with E-state index >= 15 is 0 Å². The highest BCUT2D eigenvalue weighted by Gasteiger charge is 2.06. The first-order valence-electron chi connectivity index (χ1n) is 3.96. The van der Waals surface area contributed by atoms with Gasteiger partial charge < -0.3 is 0 Å². The number of hydrogen-bond acceptors (Lipinski definition) is 1. The average molecular weight is 306 g/mol. The van der Waals surface area contributed by atoms with Crippen LogP contribution in [0.5, 0.6) is 0 Å². The van der Waals surface area contributed by atoms with Gasteiger partial charge in [-0.3, -0.25) is 0 Å². The molecule has 0 bridgehead atoms. The van der Waals surface area contributed by atoms with Gasteiger partial charge in [0.2, 0.25) is 0 Å². The Morgan fingerprint density at radius 1 is 1.38 bits per heavy atom. The lowest BCUT2D eigenvalue weighted by atomic mass is 10.0. The summed E-state index contributed by atoms with van der Waals surface area (Å²) in [6, 6.07) is 10.3. The van der Waals surface area contributed by atoms with Gasteiger partial charge in [-0.2, -0.15) is 5.26 Å². The van der Waals surface area contributed by atoms with Gasteiger partial charge in [0.05, 0.1) is 12.0 Å². The van der Waals surface area contributed by atoms with Crippen LogP contribution in [0.1, 0.15) is 5.56 Å². The van der Waals surface area contributed by atoms with Gasteiger partial charge in [-0.15, -0.1) is 11.6 Å². The standard InChI is InChI=1S/C10H9ClIN/c11-6-9(7-13)5-8-1-3-10(12)4-2-8/h1-4,9H,5-6H2. The van der Waals surface area contributed by atoms with Crippen LogP contribution in [0, 0.1) is 20.8 Å². The SMILES string of the molecule is N#CC(CCl)Cc1ccc(I)cc1. The Morgan fingerprint density at radius 3 is 2.46 bits per heavy atom. The highest BCUT2D eigenvalue weighted by atomic mass is 127. The molecule has 0 aliphatic rings. The summed E-state index contributed by atoms with van der Waals surface area (Å²) in [6.07, 6.45) is 0.747. The highest BCUT2D eigenvalue weighted by molar-refractivity contribution is 14.1. The third-order valence-corrected chi connectivity index (χ3v) is 2.86. The minimum absolute atomic E-state index is 0.0678. The molecule has 1 rings (SSSR count). The summed E-state index contributed by atoms with van der Waals surface area (Å²) in [5.74, 6) is 0.337. The lowest BCUT2D eigenvalue weighted by Crippen LogP contribution is -2.02. The second-order valence-corrected chi connectivity index (χ2v) is 4.37. The van der Waals surface area contributed by atoms with Crippen molar-refractivity contribution in [3.05, 3.63) is 33.4 Å². The Morgan fingerprint density at radius 2 is 2.00 bits per heavy atom. The van der Waals surface area contributed by atoms with Crippen LogP contribution >= 0.6 is 34.2 Å². The van der Waals surface area contributed by atoms with Gasteiger partial charge in [0.25, 0.3) is 0 Å². The van der Waals surface area contributed by atoms with Crippen LogP contribution in [0.4, 0.5) is 0 Å². The number of rotatable bonds is 3. The van der Waals surface area contributed by atoms with Gasteiger partial charge >= 0.3 is 0 Å². The second-order valence-electron chi connectivity index (χ2n) is 2.81. The molecule has 0 heterocycles. The number of nitriles is 1. The van der Waals surface area contributed by atoms with E-state index in [2.05, 4.69) is 28.7 Å². The normalized spacial score (nSPS) is 12.1. The average Bonchev–Trinajstić information content (AvgIpc) is 2.17. The van der Waals surface area contributed by atoms with E-state index in [1.54, 1.807) is 0 Å². The van der Waals surface area contributed by atoms with Gasteiger partial charge in [-0.25, -0.2) is 0 Å². The van der Waals surface area contributed by atoms with Crippen LogP contribution in [0.15, 0.2) is 24.3 Å². The van der Waals surface area contributed by atoms with Crippen LogP contribution in [0.25, 0.3) is 0 Å². The van der Waals surface area contributed by atoms with E-state index < -0.39 is 0 Å². The van der Waals surface area contributed by atoms with Crippen molar-refractivity contribution in [3.63, 3.8) is 0 Å². The van der Waals surface area contributed by atoms with Gasteiger partial charge in [-0.05, 0) is 46.7 Å². The number of hydrogen-bond donors (Lipinski definition) is 0. The van der Waals surface area contributed by atoms with Crippen molar-refractivity contribution in [2.24, 2.45) is 5.92 Å². The summed E-state index contributed by atoms with van der Waals surface area (Å²) < 4.78 is 1.21. The van der Waals surface area contributed by atoms with Gasteiger partial charge in [-0.1, -0.05) is 12.1 Å². The van der Waals surface area contributed by atoms with Gasteiger partial charge in [0, 0.05) is 9.45 Å². The predicted molar refractivity (Wildman–Crippen MR) is 62.7 cm³/mol. The molecule has 1 atom stereocenters. The Balaban J connectivity index is 2.64. The fourth-order valence-corrected chi connectivity index (χ4v) is 1.58. The summed E-state index contributed by atoms with van der Waals surface area (Å²) in [5.41, 5.74) is 1.17. The second kappa shape index (κ2) is 5.46. The topological polar surface area (TPSA) is 23.8 Å². The molecule has 0 aliphatic carbocycles. The molecular formula is C10H9ClIN. The fraction of sp³-hybridized carbons (Fsp3) is 0.300. The van der Waals surface area contributed by atoms with Crippen molar-refractivity contribution in [2.45, 2.75) is 6.42 Å². The fourth-order valence-electron chi connectivity index (χ4n) is 1.04. The maximum Gasteiger partial charge on any atom is 0.0671 e. The molecule has 0 aliphatic heterocycles. The van der Waals surface area contributed by atoms with E-state index in [4.69, 9.17) is 16.9 Å². The quantitative estimate of drug-likeness (QED) is 0.621. The Labute approximate surface area is 96.8 Å². The molecule has 1 unspecified atom stereocenters. The van der Waals surface area contributed by atoms with Gasteiger partial charge in [0.15, 0.2) is 0 Å². The molecule has 0 fully saturated rings. The molecule has 68 valence electrons. The largest absolute Gasteiger partial charge is 0.198 e. The van der Waals surface area contributed by atoms with Crippen molar-refractivity contribution >= 4 is 34.2 Å². The maximum absolute atomic E-state index is 8.71. The minimum Gasteiger partial charge on any atom is -0.198 e. The van der Waals surface area contributed by atoms with E-state index in [-0.39, 0.29) is 5.92 Å². The monoisotopic (exact) mass is 305 g/mol. The van der Waals surface area contributed by atoms with Gasteiger partial charge in [0.1, 0.15) is 0 Å². The molecule has 3 heteroatoms. The molecule has 0 saturated heterocycles. The zero-order valence-electron chi connectivity index (χ0n) is 7.00. The molecular weight excluding hydrogens is 296 g/mol. The third kappa shape index (κ3) is 3.53. The zero-order chi connectivity index (χ0) is 9.68. The van der Waals surface area contributed by atoms with Crippen LogP contribution in [0.3, 0.4) is 0 Å². The van der Waals surface area contributed by atoms with Crippen molar-refractivity contribution in [1.29, 1.82) is 5.26 Å². The predicted octanol–water partition coefficient (Wildman–Crippen LogP) is 3.21. The number of halogens is 2. The van der Waals surface area contributed by atoms with Crippen molar-refractivity contribution < 1.29 is 0 Å². The van der Waals surface area contributed by atoms with Crippen molar-refractivity contribution in [1.82, 2.24) is 0 Å². The number of benzene rings is 1. The molecule has 13 heavy (non-hydrogen) atoms. The van der Waals surface area contributed by atoms with E-state index in [0.29, 0.717) is 5.88 Å². The number of nitrogens with zero attached hydrogens (tertiary/aromatic N) is 1. The van der Waals surface area contributed by atoms with E-state index in [1.807, 2.05) is 24.3 Å². The first-order valence-corrected chi connectivity index (χ1v) is 5.57. The van der Waals surface area contributed by atoms with Crippen molar-refractivity contribution in [3.8, 4) is 6.07 Å². The lowest BCUT2D eigenvalue weighted by molar-refractivity contribution is 0.746. The van der Waals surface area contributed by atoms with Crippen LogP contribution < -0.4 is 0 Å². The van der Waals surface area contributed by atoms with Crippen LogP contribution in [-0.4, -0.2) is 5.88 Å². The van der Waals surface area contributed by atoms with E-state index in [0.717, 1.165) is 6.42 Å². The van der Waals surface area contributed by atoms with Crippen molar-refractivity contribution in [2.75, 3.05) is 5.88 Å². The van der Waals surface area contributed by atoms with Crippen LogP contribution in [-0.2, 0) is 6.42 Å². The molecule has 0 radical (unpaired) electrons. The molecule has 1 aromatic rings. The maximum atomic E-state index is 8.71. The molecule has 0 amide bonds. The third-order valence-electron chi connectivity index (χ3n) is 1.76. The molecule has 1 aromatic carbocycles. The first-order chi connectivity index (χ1) is 6.26. The molecule has 0 N–H and O–H groups in total. The Bertz CT molecular complexity index is 302. The van der Waals surface area contributed by atoms with Crippen LogP contribution in [0.2, 0.25) is 0 Å². The first kappa shape index (κ1) is 10.8. The summed E-state index contributed by atoms with van der Waals surface area (Å²) in [5, 5.41) is 8.71. The smallest absolute Gasteiger partial charge is 0.0671 e. The molecule has 1 nitrogen and oxygen atoms in total. The summed E-state index contributed by atoms with van der Waals surface area (Å²) in [6.45, 7) is 0. The minimum atomic E-state index is -0.0678. The molecule has 0 spiro atoms. The Hall–Kier alpha value is -0.270. The number of alkyl halides is 1. The summed E-state index contributed by atoms with van der Waals surface area (Å²) in [7, 11) is 0. The summed E-state index contributed by atoms with van der Waals surface area (Å²) >= 11 is 7.88. The van der Waals surface area contributed by atoms with E-state index in [1.165, 1.54) is 9.13 Å². The zero-order valence-corrected chi connectivity index (χ0v) is 9.92. The Kier molecular flexibility index (Phi) is 4.54. The summed E-state index contributed by atoms with van der Waals surface area (Å²) in [4.78, 5) is 0. The molecule has 0 saturated carbocycles.